The number of hydrogen-bond donors (Lipinski definition) is 1. The van der Waals surface area contributed by atoms with E-state index < -0.39 is 10.0 Å². The summed E-state index contributed by atoms with van der Waals surface area (Å²) in [4.78, 5) is 32.0. The third-order valence-corrected chi connectivity index (χ3v) is 5.63. The number of nitrogens with one attached hydrogen (secondary N) is 1. The van der Waals surface area contributed by atoms with Crippen LogP contribution >= 0.6 is 11.3 Å². The molecule has 1 N–H and O–H groups in total. The molecule has 9 nitrogen and oxygen atoms in total. The van der Waals surface area contributed by atoms with Crippen LogP contribution < -0.4 is 4.72 Å². The Morgan fingerprint density at radius 1 is 1.22 bits per heavy atom. The molecular formula is C16H20N4O5S2. The fourth-order valence-electron chi connectivity index (χ4n) is 2.75. The van der Waals surface area contributed by atoms with Crippen molar-refractivity contribution in [2.75, 3.05) is 43.8 Å². The SMILES string of the molecule is CCOC(=O)N1CCN(C(=O)c2ccc3nc(NS(C)(=O)=O)sc3c2)CC1. The van der Waals surface area contributed by atoms with Crippen LogP contribution in [0.2, 0.25) is 0 Å². The number of nitrogens with zero attached hydrogens (tertiary/aromatic N) is 3. The minimum absolute atomic E-state index is 0.133. The lowest BCUT2D eigenvalue weighted by Gasteiger charge is -2.34. The quantitative estimate of drug-likeness (QED) is 0.817. The van der Waals surface area contributed by atoms with Crippen molar-refractivity contribution in [1.82, 2.24) is 14.8 Å². The first kappa shape index (κ1) is 19.4. The van der Waals surface area contributed by atoms with Gasteiger partial charge in [0.2, 0.25) is 10.0 Å². The van der Waals surface area contributed by atoms with Gasteiger partial charge in [0.25, 0.3) is 5.91 Å². The lowest BCUT2D eigenvalue weighted by atomic mass is 10.1. The van der Waals surface area contributed by atoms with E-state index in [4.69, 9.17) is 4.74 Å². The fraction of sp³-hybridized carbons (Fsp3) is 0.438. The van der Waals surface area contributed by atoms with E-state index in [2.05, 4.69) is 9.71 Å². The average molecular weight is 412 g/mol. The number of hydrogen-bond acceptors (Lipinski definition) is 7. The summed E-state index contributed by atoms with van der Waals surface area (Å²) in [5.74, 6) is -0.133. The van der Waals surface area contributed by atoms with E-state index in [-0.39, 0.29) is 17.1 Å². The van der Waals surface area contributed by atoms with Gasteiger partial charge in [-0.1, -0.05) is 11.3 Å². The lowest BCUT2D eigenvalue weighted by Crippen LogP contribution is -2.50. The first-order valence-electron chi connectivity index (χ1n) is 8.36. The van der Waals surface area contributed by atoms with Gasteiger partial charge in [-0.05, 0) is 25.1 Å². The van der Waals surface area contributed by atoms with Crippen LogP contribution in [-0.4, -0.2) is 74.2 Å². The zero-order valence-electron chi connectivity index (χ0n) is 15.0. The molecule has 1 fully saturated rings. The minimum atomic E-state index is -3.40. The number of rotatable bonds is 4. The molecule has 2 aromatic rings. The number of amides is 2. The van der Waals surface area contributed by atoms with Crippen LogP contribution in [0.5, 0.6) is 0 Å². The lowest BCUT2D eigenvalue weighted by molar-refractivity contribution is 0.0570. The van der Waals surface area contributed by atoms with Crippen molar-refractivity contribution >= 4 is 48.7 Å². The third kappa shape index (κ3) is 4.66. The second-order valence-electron chi connectivity index (χ2n) is 6.05. The maximum Gasteiger partial charge on any atom is 0.409 e. The van der Waals surface area contributed by atoms with Gasteiger partial charge in [0.15, 0.2) is 5.13 Å². The van der Waals surface area contributed by atoms with E-state index in [9.17, 15) is 18.0 Å². The predicted molar refractivity (Wildman–Crippen MR) is 103 cm³/mol. The molecule has 0 bridgehead atoms. The van der Waals surface area contributed by atoms with E-state index in [0.717, 1.165) is 11.0 Å². The van der Waals surface area contributed by atoms with E-state index in [0.29, 0.717) is 43.9 Å². The number of benzene rings is 1. The number of thiazole rings is 1. The molecule has 2 heterocycles. The van der Waals surface area contributed by atoms with Gasteiger partial charge in [-0.25, -0.2) is 18.2 Å². The summed E-state index contributed by atoms with van der Waals surface area (Å²) < 4.78 is 30.7. The number of aromatic nitrogens is 1. The van der Waals surface area contributed by atoms with Gasteiger partial charge in [-0.15, -0.1) is 0 Å². The molecule has 11 heteroatoms. The number of ether oxygens (including phenoxy) is 1. The van der Waals surface area contributed by atoms with E-state index in [1.807, 2.05) is 0 Å². The maximum absolute atomic E-state index is 12.7. The maximum atomic E-state index is 12.7. The fourth-order valence-corrected chi connectivity index (χ4v) is 4.49. The molecule has 1 aromatic heterocycles. The molecule has 3 rings (SSSR count). The topological polar surface area (TPSA) is 109 Å². The normalized spacial score (nSPS) is 15.0. The predicted octanol–water partition coefficient (Wildman–Crippen LogP) is 1.58. The smallest absolute Gasteiger partial charge is 0.409 e. The molecule has 27 heavy (non-hydrogen) atoms. The molecule has 2 amide bonds. The van der Waals surface area contributed by atoms with Gasteiger partial charge in [-0.3, -0.25) is 9.52 Å². The van der Waals surface area contributed by atoms with Crippen LogP contribution in [0.4, 0.5) is 9.93 Å². The number of fused-ring (bicyclic) bond motifs is 1. The Kier molecular flexibility index (Phi) is 5.51. The largest absolute Gasteiger partial charge is 0.450 e. The van der Waals surface area contributed by atoms with Crippen molar-refractivity contribution in [2.24, 2.45) is 0 Å². The van der Waals surface area contributed by atoms with Crippen molar-refractivity contribution in [3.05, 3.63) is 23.8 Å². The second-order valence-corrected chi connectivity index (χ2v) is 8.83. The number of carbonyl (C=O) groups excluding carboxylic acids is 2. The van der Waals surface area contributed by atoms with E-state index >= 15 is 0 Å². The second kappa shape index (κ2) is 7.69. The van der Waals surface area contributed by atoms with Crippen molar-refractivity contribution in [1.29, 1.82) is 0 Å². The Hall–Kier alpha value is -2.40. The van der Waals surface area contributed by atoms with Crippen molar-refractivity contribution in [3.63, 3.8) is 0 Å². The summed E-state index contributed by atoms with van der Waals surface area (Å²) in [6.07, 6.45) is 0.700. The molecule has 1 aliphatic heterocycles. The number of carbonyl (C=O) groups is 2. The van der Waals surface area contributed by atoms with E-state index in [1.165, 1.54) is 11.3 Å². The Morgan fingerprint density at radius 2 is 1.89 bits per heavy atom. The summed E-state index contributed by atoms with van der Waals surface area (Å²) in [5, 5.41) is 0.264. The Balaban J connectivity index is 1.70. The highest BCUT2D eigenvalue weighted by molar-refractivity contribution is 7.92. The highest BCUT2D eigenvalue weighted by Gasteiger charge is 2.25. The standard InChI is InChI=1S/C16H20N4O5S2/c1-3-25-16(22)20-8-6-19(7-9-20)14(21)11-4-5-12-13(10-11)26-15(17-12)18-27(2,23)24/h4-5,10H,3,6-9H2,1-2H3,(H,17,18). The van der Waals surface area contributed by atoms with Crippen LogP contribution in [0.25, 0.3) is 10.2 Å². The van der Waals surface area contributed by atoms with Gasteiger partial charge in [-0.2, -0.15) is 0 Å². The molecule has 0 atom stereocenters. The Bertz CT molecular complexity index is 964. The molecular weight excluding hydrogens is 392 g/mol. The molecule has 0 spiro atoms. The third-order valence-electron chi connectivity index (χ3n) is 4.00. The van der Waals surface area contributed by atoms with E-state index in [1.54, 1.807) is 34.9 Å². The summed E-state index contributed by atoms with van der Waals surface area (Å²) >= 11 is 1.17. The van der Waals surface area contributed by atoms with Crippen LogP contribution in [-0.2, 0) is 14.8 Å². The minimum Gasteiger partial charge on any atom is -0.450 e. The van der Waals surface area contributed by atoms with Gasteiger partial charge in [0, 0.05) is 31.7 Å². The van der Waals surface area contributed by atoms with Crippen LogP contribution in [0.1, 0.15) is 17.3 Å². The van der Waals surface area contributed by atoms with Crippen LogP contribution in [0.15, 0.2) is 18.2 Å². The highest BCUT2D eigenvalue weighted by atomic mass is 32.2. The summed E-state index contributed by atoms with van der Waals surface area (Å²) in [7, 11) is -3.40. The van der Waals surface area contributed by atoms with Gasteiger partial charge in [0.05, 0.1) is 23.1 Å². The number of anilines is 1. The van der Waals surface area contributed by atoms with Gasteiger partial charge < -0.3 is 14.5 Å². The summed E-state index contributed by atoms with van der Waals surface area (Å²) in [6.45, 7) is 3.79. The first-order chi connectivity index (χ1) is 12.8. The van der Waals surface area contributed by atoms with Crippen LogP contribution in [0, 0.1) is 0 Å². The molecule has 1 aromatic carbocycles. The zero-order valence-corrected chi connectivity index (χ0v) is 16.6. The Labute approximate surface area is 161 Å². The summed E-state index contributed by atoms with van der Waals surface area (Å²) in [6, 6.07) is 5.08. The highest BCUT2D eigenvalue weighted by Crippen LogP contribution is 2.27. The number of sulfonamides is 1. The Morgan fingerprint density at radius 3 is 2.52 bits per heavy atom. The van der Waals surface area contributed by atoms with Crippen LogP contribution in [0.3, 0.4) is 0 Å². The summed E-state index contributed by atoms with van der Waals surface area (Å²) in [5.41, 5.74) is 1.12. The van der Waals surface area contributed by atoms with Crippen molar-refractivity contribution in [2.45, 2.75) is 6.92 Å². The molecule has 1 saturated heterocycles. The molecule has 0 aliphatic carbocycles. The molecule has 1 aliphatic rings. The molecule has 0 radical (unpaired) electrons. The van der Waals surface area contributed by atoms with Gasteiger partial charge >= 0.3 is 6.09 Å². The van der Waals surface area contributed by atoms with Gasteiger partial charge in [0.1, 0.15) is 0 Å². The molecule has 0 unspecified atom stereocenters. The first-order valence-corrected chi connectivity index (χ1v) is 11.1. The monoisotopic (exact) mass is 412 g/mol. The molecule has 146 valence electrons. The molecule has 0 saturated carbocycles. The van der Waals surface area contributed by atoms with Crippen molar-refractivity contribution in [3.8, 4) is 0 Å². The zero-order chi connectivity index (χ0) is 19.6. The van der Waals surface area contributed by atoms with Crippen molar-refractivity contribution < 1.29 is 22.7 Å². The number of piperazine rings is 1. The average Bonchev–Trinajstić information content (AvgIpc) is 3.00.